The van der Waals surface area contributed by atoms with E-state index in [0.717, 1.165) is 23.1 Å². The quantitative estimate of drug-likeness (QED) is 0.680. The zero-order valence-corrected chi connectivity index (χ0v) is 13.7. The molecule has 0 fully saturated rings. The van der Waals surface area contributed by atoms with E-state index in [9.17, 15) is 4.39 Å². The molecule has 5 nitrogen and oxygen atoms in total. The Morgan fingerprint density at radius 2 is 1.92 bits per heavy atom. The molecule has 2 aromatic carbocycles. The molecule has 2 N–H and O–H groups in total. The molecule has 3 rings (SSSR count). The normalized spacial score (nSPS) is 10.6. The summed E-state index contributed by atoms with van der Waals surface area (Å²) in [4.78, 5) is 0. The summed E-state index contributed by atoms with van der Waals surface area (Å²) in [5, 5.41) is 9.94. The third kappa shape index (κ3) is 3.69. The van der Waals surface area contributed by atoms with Gasteiger partial charge in [0.2, 0.25) is 5.09 Å². The van der Waals surface area contributed by atoms with Crippen LogP contribution in [0.25, 0.3) is 11.3 Å². The number of rotatable bonds is 6. The van der Waals surface area contributed by atoms with Gasteiger partial charge in [-0.25, -0.2) is 4.39 Å². The average Bonchev–Trinajstić information content (AvgIpc) is 3.10. The average molecular weight is 346 g/mol. The number of ether oxygens (including phenoxy) is 2. The fourth-order valence-corrected chi connectivity index (χ4v) is 2.40. The molecule has 24 heavy (non-hydrogen) atoms. The summed E-state index contributed by atoms with van der Waals surface area (Å²) in [6.45, 7) is 0.294. The van der Waals surface area contributed by atoms with Crippen molar-refractivity contribution in [2.24, 2.45) is 5.14 Å². The van der Waals surface area contributed by atoms with Crippen LogP contribution in [0.4, 0.5) is 4.39 Å². The zero-order valence-electron chi connectivity index (χ0n) is 12.9. The van der Waals surface area contributed by atoms with Gasteiger partial charge in [-0.15, -0.1) is 0 Å². The Bertz CT molecular complexity index is 821. The number of methoxy groups -OCH3 is 1. The van der Waals surface area contributed by atoms with Crippen molar-refractivity contribution < 1.29 is 18.4 Å². The molecular weight excluding hydrogens is 331 g/mol. The highest BCUT2D eigenvalue weighted by Crippen LogP contribution is 2.33. The highest BCUT2D eigenvalue weighted by atomic mass is 32.2. The van der Waals surface area contributed by atoms with E-state index >= 15 is 0 Å². The second kappa shape index (κ2) is 7.37. The maximum Gasteiger partial charge on any atom is 0.208 e. The molecule has 3 aromatic rings. The summed E-state index contributed by atoms with van der Waals surface area (Å²) >= 11 is 0.989. The summed E-state index contributed by atoms with van der Waals surface area (Å²) in [5.41, 5.74) is 2.32. The van der Waals surface area contributed by atoms with Crippen molar-refractivity contribution in [2.45, 2.75) is 11.7 Å². The Balaban J connectivity index is 1.82. The molecule has 0 unspecified atom stereocenters. The molecule has 0 spiro atoms. The van der Waals surface area contributed by atoms with E-state index in [-0.39, 0.29) is 5.82 Å². The molecule has 0 aliphatic carbocycles. The van der Waals surface area contributed by atoms with E-state index in [1.807, 2.05) is 12.1 Å². The van der Waals surface area contributed by atoms with Crippen LogP contribution in [0.5, 0.6) is 11.5 Å². The predicted octanol–water partition coefficient (Wildman–Crippen LogP) is 4.03. The fourth-order valence-electron chi connectivity index (χ4n) is 2.14. The SMILES string of the molecule is COc1ccc(-c2cc(SN)on2)cc1OCc1ccc(F)cc1. The van der Waals surface area contributed by atoms with Crippen molar-refractivity contribution in [1.82, 2.24) is 5.16 Å². The topological polar surface area (TPSA) is 70.5 Å². The maximum atomic E-state index is 13.0. The summed E-state index contributed by atoms with van der Waals surface area (Å²) in [6.07, 6.45) is 0. The first-order valence-electron chi connectivity index (χ1n) is 7.08. The van der Waals surface area contributed by atoms with Crippen LogP contribution in [-0.2, 0) is 6.61 Å². The van der Waals surface area contributed by atoms with Crippen LogP contribution >= 0.6 is 11.9 Å². The molecule has 0 aliphatic rings. The highest BCUT2D eigenvalue weighted by molar-refractivity contribution is 7.96. The Labute approximate surface area is 142 Å². The van der Waals surface area contributed by atoms with Gasteiger partial charge >= 0.3 is 0 Å². The molecule has 7 heteroatoms. The molecule has 124 valence electrons. The van der Waals surface area contributed by atoms with Crippen molar-refractivity contribution in [3.63, 3.8) is 0 Å². The molecular formula is C17H15FN2O3S. The minimum absolute atomic E-state index is 0.280. The van der Waals surface area contributed by atoms with Crippen LogP contribution in [0.3, 0.4) is 0 Å². The van der Waals surface area contributed by atoms with Gasteiger partial charge in [0.1, 0.15) is 18.1 Å². The van der Waals surface area contributed by atoms with Crippen LogP contribution in [0.1, 0.15) is 5.56 Å². The minimum Gasteiger partial charge on any atom is -0.493 e. The largest absolute Gasteiger partial charge is 0.493 e. The number of hydrogen-bond donors (Lipinski definition) is 1. The second-order valence-corrected chi connectivity index (χ2v) is 5.57. The lowest BCUT2D eigenvalue weighted by atomic mass is 10.1. The molecule has 0 bridgehead atoms. The minimum atomic E-state index is -0.280. The van der Waals surface area contributed by atoms with Crippen LogP contribution < -0.4 is 14.6 Å². The first kappa shape index (κ1) is 16.4. The first-order chi connectivity index (χ1) is 11.7. The monoisotopic (exact) mass is 346 g/mol. The maximum absolute atomic E-state index is 13.0. The van der Waals surface area contributed by atoms with Crippen molar-refractivity contribution >= 4 is 11.9 Å². The van der Waals surface area contributed by atoms with Gasteiger partial charge in [-0.05, 0) is 47.8 Å². The lowest BCUT2D eigenvalue weighted by molar-refractivity contribution is 0.284. The molecule has 1 heterocycles. The lowest BCUT2D eigenvalue weighted by Crippen LogP contribution is -1.98. The van der Waals surface area contributed by atoms with E-state index < -0.39 is 0 Å². The number of hydrogen-bond acceptors (Lipinski definition) is 6. The number of benzene rings is 2. The second-order valence-electron chi connectivity index (χ2n) is 4.93. The van der Waals surface area contributed by atoms with Crippen LogP contribution in [0, 0.1) is 5.82 Å². The Morgan fingerprint density at radius 1 is 1.12 bits per heavy atom. The molecule has 0 saturated heterocycles. The van der Waals surface area contributed by atoms with Crippen LogP contribution in [0.15, 0.2) is 58.1 Å². The molecule has 0 amide bonds. The predicted molar refractivity (Wildman–Crippen MR) is 89.3 cm³/mol. The summed E-state index contributed by atoms with van der Waals surface area (Å²) < 4.78 is 29.2. The number of nitrogens with zero attached hydrogens (tertiary/aromatic N) is 1. The van der Waals surface area contributed by atoms with Crippen molar-refractivity contribution in [3.05, 3.63) is 59.9 Å². The summed E-state index contributed by atoms with van der Waals surface area (Å²) in [7, 11) is 1.57. The van der Waals surface area contributed by atoms with Crippen molar-refractivity contribution in [1.29, 1.82) is 0 Å². The summed E-state index contributed by atoms with van der Waals surface area (Å²) in [5.74, 6) is 0.875. The van der Waals surface area contributed by atoms with Gasteiger partial charge in [-0.3, -0.25) is 5.14 Å². The van der Waals surface area contributed by atoms with Crippen LogP contribution in [0.2, 0.25) is 0 Å². The molecule has 0 saturated carbocycles. The highest BCUT2D eigenvalue weighted by Gasteiger charge is 2.11. The van der Waals surface area contributed by atoms with Gasteiger partial charge in [0.05, 0.1) is 7.11 Å². The number of nitrogens with two attached hydrogens (primary N) is 1. The van der Waals surface area contributed by atoms with Gasteiger partial charge in [0.25, 0.3) is 0 Å². The van der Waals surface area contributed by atoms with Crippen molar-refractivity contribution in [3.8, 4) is 22.8 Å². The standard InChI is InChI=1S/C17H15FN2O3S/c1-21-15-7-4-12(14-9-17(24-19)23-20-14)8-16(15)22-10-11-2-5-13(18)6-3-11/h2-9H,10,19H2,1H3. The van der Waals surface area contributed by atoms with Crippen LogP contribution in [-0.4, -0.2) is 12.3 Å². The Morgan fingerprint density at radius 3 is 2.58 bits per heavy atom. The molecule has 1 aromatic heterocycles. The Kier molecular flexibility index (Phi) is 5.02. The fraction of sp³-hybridized carbons (Fsp3) is 0.118. The van der Waals surface area contributed by atoms with E-state index in [1.165, 1.54) is 12.1 Å². The van der Waals surface area contributed by atoms with E-state index in [0.29, 0.717) is 28.9 Å². The van der Waals surface area contributed by atoms with Gasteiger partial charge < -0.3 is 14.0 Å². The number of halogens is 1. The third-order valence-corrected chi connectivity index (χ3v) is 3.80. The lowest BCUT2D eigenvalue weighted by Gasteiger charge is -2.12. The van der Waals surface area contributed by atoms with Gasteiger partial charge in [-0.1, -0.05) is 17.3 Å². The van der Waals surface area contributed by atoms with E-state index in [2.05, 4.69) is 5.16 Å². The first-order valence-corrected chi connectivity index (χ1v) is 7.96. The smallest absolute Gasteiger partial charge is 0.208 e. The van der Waals surface area contributed by atoms with E-state index in [4.69, 9.17) is 19.1 Å². The summed E-state index contributed by atoms with van der Waals surface area (Å²) in [6, 6.07) is 13.3. The zero-order chi connectivity index (χ0) is 16.9. The number of aromatic nitrogens is 1. The molecule has 0 atom stereocenters. The van der Waals surface area contributed by atoms with Crippen molar-refractivity contribution in [2.75, 3.05) is 7.11 Å². The van der Waals surface area contributed by atoms with Gasteiger partial charge in [0.15, 0.2) is 11.5 Å². The Hall–Kier alpha value is -2.51. The van der Waals surface area contributed by atoms with Gasteiger partial charge in [-0.2, -0.15) is 0 Å². The molecule has 0 radical (unpaired) electrons. The van der Waals surface area contributed by atoms with E-state index in [1.54, 1.807) is 31.4 Å². The third-order valence-electron chi connectivity index (χ3n) is 3.37. The van der Waals surface area contributed by atoms with Gasteiger partial charge in [0, 0.05) is 11.6 Å². The molecule has 0 aliphatic heterocycles.